The molecule has 0 saturated heterocycles. The molecular formula is C23H21ClN4O. The Morgan fingerprint density at radius 2 is 1.83 bits per heavy atom. The molecule has 5 nitrogen and oxygen atoms in total. The lowest BCUT2D eigenvalue weighted by Gasteiger charge is -2.19. The summed E-state index contributed by atoms with van der Waals surface area (Å²) >= 11 is 6.35. The van der Waals surface area contributed by atoms with Crippen molar-refractivity contribution in [3.05, 3.63) is 77.4 Å². The molecule has 4 rings (SSSR count). The Bertz CT molecular complexity index is 1160. The number of nitrogens with two attached hydrogens (primary N) is 1. The van der Waals surface area contributed by atoms with E-state index < -0.39 is 0 Å². The lowest BCUT2D eigenvalue weighted by atomic mass is 10.1. The van der Waals surface area contributed by atoms with Gasteiger partial charge in [-0.2, -0.15) is 0 Å². The number of aromatic nitrogens is 2. The van der Waals surface area contributed by atoms with Crippen molar-refractivity contribution in [1.82, 2.24) is 9.97 Å². The molecule has 2 heterocycles. The smallest absolute Gasteiger partial charge is 0.130 e. The van der Waals surface area contributed by atoms with Crippen molar-refractivity contribution in [2.24, 2.45) is 0 Å². The normalized spacial score (nSPS) is 10.9. The van der Waals surface area contributed by atoms with Gasteiger partial charge in [-0.25, -0.2) is 9.97 Å². The van der Waals surface area contributed by atoms with E-state index in [-0.39, 0.29) is 0 Å². The Morgan fingerprint density at radius 1 is 1.03 bits per heavy atom. The van der Waals surface area contributed by atoms with Crippen LogP contribution in [0.15, 0.2) is 66.9 Å². The first kappa shape index (κ1) is 19.0. The van der Waals surface area contributed by atoms with Crippen LogP contribution in [0.2, 0.25) is 5.02 Å². The van der Waals surface area contributed by atoms with Crippen molar-refractivity contribution < 1.29 is 4.74 Å². The molecule has 0 bridgehead atoms. The Balaban J connectivity index is 1.64. The molecule has 2 aromatic carbocycles. The molecule has 0 aliphatic carbocycles. The Morgan fingerprint density at radius 3 is 2.59 bits per heavy atom. The first-order valence-corrected chi connectivity index (χ1v) is 9.57. The maximum Gasteiger partial charge on any atom is 0.130 e. The van der Waals surface area contributed by atoms with Crippen LogP contribution in [0.3, 0.4) is 0 Å². The monoisotopic (exact) mass is 404 g/mol. The minimum absolute atomic E-state index is 0.622. The van der Waals surface area contributed by atoms with Gasteiger partial charge in [0.05, 0.1) is 23.3 Å². The minimum atomic E-state index is 0.622. The van der Waals surface area contributed by atoms with E-state index in [0.717, 1.165) is 40.3 Å². The molecular weight excluding hydrogens is 384 g/mol. The molecule has 146 valence electrons. The van der Waals surface area contributed by atoms with Gasteiger partial charge in [0.25, 0.3) is 0 Å². The van der Waals surface area contributed by atoms with Crippen molar-refractivity contribution in [3.63, 3.8) is 0 Å². The number of hydrogen-bond acceptors (Lipinski definition) is 5. The highest BCUT2D eigenvalue weighted by Crippen LogP contribution is 2.30. The lowest BCUT2D eigenvalue weighted by molar-refractivity contribution is 0.414. The summed E-state index contributed by atoms with van der Waals surface area (Å²) in [7, 11) is 3.68. The van der Waals surface area contributed by atoms with Gasteiger partial charge in [0.2, 0.25) is 0 Å². The predicted molar refractivity (Wildman–Crippen MR) is 119 cm³/mol. The fraction of sp³-hybridized carbons (Fsp3) is 0.130. The summed E-state index contributed by atoms with van der Waals surface area (Å²) < 4.78 is 5.22. The van der Waals surface area contributed by atoms with Crippen LogP contribution in [0.25, 0.3) is 22.2 Å². The standard InChI is InChI=1S/C23H21ClN4O/c1-28(14-15-3-7-18(29-2)8-4-15)23-12-22-16(13-26-23)5-10-21(27-22)19-11-17(25)6-9-20(19)24/h3-13H,14,25H2,1-2H3. The molecule has 2 N–H and O–H groups in total. The van der Waals surface area contributed by atoms with Crippen LogP contribution in [-0.4, -0.2) is 24.1 Å². The number of rotatable bonds is 5. The third kappa shape index (κ3) is 4.10. The average Bonchev–Trinajstić information content (AvgIpc) is 2.75. The van der Waals surface area contributed by atoms with Crippen LogP contribution >= 0.6 is 11.6 Å². The number of pyridine rings is 2. The maximum absolute atomic E-state index is 6.35. The number of ether oxygens (including phenoxy) is 1. The molecule has 0 aliphatic heterocycles. The highest BCUT2D eigenvalue weighted by atomic mass is 35.5. The molecule has 2 aromatic heterocycles. The minimum Gasteiger partial charge on any atom is -0.497 e. The molecule has 0 amide bonds. The number of nitrogens with zero attached hydrogens (tertiary/aromatic N) is 3. The van der Waals surface area contributed by atoms with E-state index in [2.05, 4.69) is 22.0 Å². The molecule has 4 aromatic rings. The van der Waals surface area contributed by atoms with Crippen LogP contribution < -0.4 is 15.4 Å². The number of methoxy groups -OCH3 is 1. The van der Waals surface area contributed by atoms with E-state index in [1.807, 2.05) is 49.6 Å². The molecule has 0 radical (unpaired) electrons. The number of anilines is 2. The fourth-order valence-corrected chi connectivity index (χ4v) is 3.40. The molecule has 29 heavy (non-hydrogen) atoms. The summed E-state index contributed by atoms with van der Waals surface area (Å²) in [5.41, 5.74) is 10.2. The molecule has 0 saturated carbocycles. The lowest BCUT2D eigenvalue weighted by Crippen LogP contribution is -2.17. The molecule has 0 atom stereocenters. The zero-order valence-electron chi connectivity index (χ0n) is 16.3. The highest BCUT2D eigenvalue weighted by Gasteiger charge is 2.10. The number of hydrogen-bond donors (Lipinski definition) is 1. The Hall–Kier alpha value is -3.31. The Kier molecular flexibility index (Phi) is 5.23. The van der Waals surface area contributed by atoms with Crippen LogP contribution in [0.1, 0.15) is 5.56 Å². The molecule has 0 unspecified atom stereocenters. The van der Waals surface area contributed by atoms with Gasteiger partial charge < -0.3 is 15.4 Å². The molecule has 0 fully saturated rings. The summed E-state index contributed by atoms with van der Waals surface area (Å²) in [4.78, 5) is 11.5. The van der Waals surface area contributed by atoms with Crippen molar-refractivity contribution >= 4 is 34.0 Å². The van der Waals surface area contributed by atoms with Gasteiger partial charge in [0.15, 0.2) is 0 Å². The first-order valence-electron chi connectivity index (χ1n) is 9.20. The topological polar surface area (TPSA) is 64.3 Å². The summed E-state index contributed by atoms with van der Waals surface area (Å²) in [6.45, 7) is 0.725. The van der Waals surface area contributed by atoms with Gasteiger partial charge in [-0.1, -0.05) is 23.7 Å². The maximum atomic E-state index is 6.35. The quantitative estimate of drug-likeness (QED) is 0.464. The molecule has 6 heteroatoms. The number of benzene rings is 2. The van der Waals surface area contributed by atoms with Gasteiger partial charge in [0.1, 0.15) is 11.6 Å². The van der Waals surface area contributed by atoms with Crippen LogP contribution in [0, 0.1) is 0 Å². The zero-order chi connectivity index (χ0) is 20.4. The summed E-state index contributed by atoms with van der Waals surface area (Å²) in [5.74, 6) is 1.69. The summed E-state index contributed by atoms with van der Waals surface area (Å²) in [6, 6.07) is 19.4. The van der Waals surface area contributed by atoms with Gasteiger partial charge in [0, 0.05) is 42.5 Å². The second-order valence-electron chi connectivity index (χ2n) is 6.88. The second kappa shape index (κ2) is 7.97. The van der Waals surface area contributed by atoms with Gasteiger partial charge >= 0.3 is 0 Å². The van der Waals surface area contributed by atoms with Crippen LogP contribution in [-0.2, 0) is 6.54 Å². The van der Waals surface area contributed by atoms with Crippen molar-refractivity contribution in [1.29, 1.82) is 0 Å². The van der Waals surface area contributed by atoms with Crippen molar-refractivity contribution in [2.45, 2.75) is 6.54 Å². The summed E-state index contributed by atoms with van der Waals surface area (Å²) in [5, 5.41) is 1.59. The van der Waals surface area contributed by atoms with Gasteiger partial charge in [-0.05, 0) is 48.0 Å². The van der Waals surface area contributed by atoms with Crippen molar-refractivity contribution in [3.8, 4) is 17.0 Å². The van der Waals surface area contributed by atoms with E-state index >= 15 is 0 Å². The van der Waals surface area contributed by atoms with Gasteiger partial charge in [-0.15, -0.1) is 0 Å². The number of fused-ring (bicyclic) bond motifs is 1. The summed E-state index contributed by atoms with van der Waals surface area (Å²) in [6.07, 6.45) is 1.84. The van der Waals surface area contributed by atoms with E-state index in [0.29, 0.717) is 10.7 Å². The third-order valence-electron chi connectivity index (χ3n) is 4.80. The van der Waals surface area contributed by atoms with E-state index in [1.54, 1.807) is 19.2 Å². The largest absolute Gasteiger partial charge is 0.497 e. The predicted octanol–water partition coefficient (Wildman–Crippen LogP) is 5.18. The van der Waals surface area contributed by atoms with E-state index in [9.17, 15) is 0 Å². The average molecular weight is 405 g/mol. The zero-order valence-corrected chi connectivity index (χ0v) is 17.0. The fourth-order valence-electron chi connectivity index (χ4n) is 3.19. The third-order valence-corrected chi connectivity index (χ3v) is 5.13. The van der Waals surface area contributed by atoms with Crippen LogP contribution in [0.5, 0.6) is 5.75 Å². The SMILES string of the molecule is COc1ccc(CN(C)c2cc3nc(-c4cc(N)ccc4Cl)ccc3cn2)cc1. The Labute approximate surface area is 174 Å². The first-order chi connectivity index (χ1) is 14.0. The number of nitrogen functional groups attached to an aromatic ring is 1. The van der Waals surface area contributed by atoms with Crippen LogP contribution in [0.4, 0.5) is 11.5 Å². The van der Waals surface area contributed by atoms with E-state index in [1.165, 1.54) is 5.56 Å². The van der Waals surface area contributed by atoms with Gasteiger partial charge in [-0.3, -0.25) is 0 Å². The molecule has 0 spiro atoms. The van der Waals surface area contributed by atoms with Crippen molar-refractivity contribution in [2.75, 3.05) is 24.8 Å². The van der Waals surface area contributed by atoms with E-state index in [4.69, 9.17) is 27.1 Å². The highest BCUT2D eigenvalue weighted by molar-refractivity contribution is 6.33. The molecule has 0 aliphatic rings. The number of halogens is 1. The second-order valence-corrected chi connectivity index (χ2v) is 7.28.